The summed E-state index contributed by atoms with van der Waals surface area (Å²) in [5.41, 5.74) is 9.34. The average molecular weight is 522 g/mol. The van der Waals surface area contributed by atoms with Crippen LogP contribution in [0.15, 0.2) is 42.5 Å². The maximum absolute atomic E-state index is 13.2. The summed E-state index contributed by atoms with van der Waals surface area (Å²) in [5, 5.41) is 0. The monoisotopic (exact) mass is 521 g/mol. The van der Waals surface area contributed by atoms with Gasteiger partial charge in [0.05, 0.1) is 24.5 Å². The summed E-state index contributed by atoms with van der Waals surface area (Å²) >= 11 is 0. The molecule has 3 aliphatic rings. The van der Waals surface area contributed by atoms with Gasteiger partial charge in [-0.15, -0.1) is 0 Å². The van der Waals surface area contributed by atoms with Crippen LogP contribution in [-0.2, 0) is 4.74 Å². The summed E-state index contributed by atoms with van der Waals surface area (Å²) in [6, 6.07) is 12.0. The summed E-state index contributed by atoms with van der Waals surface area (Å²) in [5.74, 6) is 0.712. The smallest absolute Gasteiger partial charge is 0.250 e. The van der Waals surface area contributed by atoms with Crippen LogP contribution in [0.2, 0.25) is 0 Å². The molecule has 2 aromatic carbocycles. The van der Waals surface area contributed by atoms with Crippen LogP contribution in [-0.4, -0.2) is 62.5 Å². The molecule has 0 atom stereocenters. The lowest BCUT2D eigenvalue weighted by Gasteiger charge is -2.36. The molecule has 0 unspecified atom stereocenters. The Hall–Kier alpha value is -2.77. The lowest BCUT2D eigenvalue weighted by Crippen LogP contribution is -2.38. The highest BCUT2D eigenvalue weighted by Crippen LogP contribution is 2.42. The quantitative estimate of drug-likeness (QED) is 0.494. The van der Waals surface area contributed by atoms with E-state index in [0.29, 0.717) is 30.3 Å². The zero-order valence-electron chi connectivity index (χ0n) is 22.2. The van der Waals surface area contributed by atoms with Crippen molar-refractivity contribution in [3.63, 3.8) is 0 Å². The number of anilines is 1. The van der Waals surface area contributed by atoms with Crippen molar-refractivity contribution in [3.05, 3.63) is 65.0 Å². The number of ether oxygens (including phenoxy) is 1. The van der Waals surface area contributed by atoms with Crippen molar-refractivity contribution >= 4 is 17.4 Å². The van der Waals surface area contributed by atoms with E-state index < -0.39 is 0 Å². The van der Waals surface area contributed by atoms with E-state index in [1.54, 1.807) is 12.1 Å². The Kier molecular flexibility index (Phi) is 8.75. The first kappa shape index (κ1) is 26.8. The van der Waals surface area contributed by atoms with Crippen LogP contribution >= 0.6 is 0 Å². The first-order valence-electron chi connectivity index (χ1n) is 14.3. The standard InChI is InChI=1S/C31H40FN3O3/c32-26-10-8-24(9-11-26)30(36)25-13-16-34(17-14-25)15-12-22-4-6-23(7-5-22)27-2-1-3-28(31(33)37)29(27)35-18-20-38-21-19-35/h1-3,8-11,22-23,25H,4-7,12-21H2,(H2,33,37). The fourth-order valence-corrected chi connectivity index (χ4v) is 6.63. The van der Waals surface area contributed by atoms with Crippen molar-refractivity contribution in [2.75, 3.05) is 50.8 Å². The number of Topliss-reactive ketones (excluding diaryl/α,β-unsaturated/α-hetero) is 1. The van der Waals surface area contributed by atoms with Gasteiger partial charge in [0.1, 0.15) is 5.82 Å². The van der Waals surface area contributed by atoms with Gasteiger partial charge in [-0.2, -0.15) is 0 Å². The van der Waals surface area contributed by atoms with E-state index in [2.05, 4.69) is 15.9 Å². The van der Waals surface area contributed by atoms with Crippen LogP contribution in [0.25, 0.3) is 0 Å². The number of nitrogens with two attached hydrogens (primary N) is 1. The van der Waals surface area contributed by atoms with E-state index in [4.69, 9.17) is 10.5 Å². The molecule has 1 saturated carbocycles. The predicted octanol–water partition coefficient (Wildman–Crippen LogP) is 5.02. The van der Waals surface area contributed by atoms with Gasteiger partial charge in [-0.25, -0.2) is 4.39 Å². The third-order valence-corrected chi connectivity index (χ3v) is 8.89. The van der Waals surface area contributed by atoms with Gasteiger partial charge in [0.25, 0.3) is 5.91 Å². The van der Waals surface area contributed by atoms with Crippen molar-refractivity contribution < 1.29 is 18.7 Å². The fraction of sp³-hybridized carbons (Fsp3) is 0.548. The minimum Gasteiger partial charge on any atom is -0.378 e. The Morgan fingerprint density at radius 3 is 2.24 bits per heavy atom. The Morgan fingerprint density at radius 2 is 1.58 bits per heavy atom. The van der Waals surface area contributed by atoms with Crippen LogP contribution in [0.1, 0.15) is 77.1 Å². The summed E-state index contributed by atoms with van der Waals surface area (Å²) < 4.78 is 18.7. The topological polar surface area (TPSA) is 75.9 Å². The molecular formula is C31H40FN3O3. The van der Waals surface area contributed by atoms with Gasteiger partial charge >= 0.3 is 0 Å². The Bertz CT molecular complexity index is 1100. The summed E-state index contributed by atoms with van der Waals surface area (Å²) in [7, 11) is 0. The number of likely N-dealkylation sites (tertiary alicyclic amines) is 1. The van der Waals surface area contributed by atoms with E-state index in [9.17, 15) is 14.0 Å². The lowest BCUT2D eigenvalue weighted by molar-refractivity contribution is 0.0832. The first-order valence-corrected chi connectivity index (χ1v) is 14.3. The normalized spacial score (nSPS) is 23.3. The van der Waals surface area contributed by atoms with Crippen LogP contribution < -0.4 is 10.6 Å². The van der Waals surface area contributed by atoms with Gasteiger partial charge < -0.3 is 20.3 Å². The highest BCUT2D eigenvalue weighted by Gasteiger charge is 2.30. The second-order valence-electron chi connectivity index (χ2n) is 11.2. The molecule has 2 saturated heterocycles. The molecule has 6 nitrogen and oxygen atoms in total. The number of carbonyl (C=O) groups is 2. The number of ketones is 1. The maximum atomic E-state index is 13.2. The fourth-order valence-electron chi connectivity index (χ4n) is 6.63. The third kappa shape index (κ3) is 6.26. The van der Waals surface area contributed by atoms with E-state index in [1.807, 2.05) is 12.1 Å². The zero-order valence-corrected chi connectivity index (χ0v) is 22.2. The molecule has 204 valence electrons. The van der Waals surface area contributed by atoms with E-state index in [-0.39, 0.29) is 23.4 Å². The molecule has 5 rings (SSSR count). The highest BCUT2D eigenvalue weighted by molar-refractivity contribution is 5.99. The lowest BCUT2D eigenvalue weighted by atomic mass is 9.76. The minimum atomic E-state index is -0.356. The summed E-state index contributed by atoms with van der Waals surface area (Å²) in [4.78, 5) is 29.8. The van der Waals surface area contributed by atoms with Crippen LogP contribution in [0, 0.1) is 17.7 Å². The van der Waals surface area contributed by atoms with Crippen molar-refractivity contribution in [2.24, 2.45) is 17.6 Å². The molecule has 2 N–H and O–H groups in total. The number of carbonyl (C=O) groups excluding carboxylic acids is 2. The second kappa shape index (κ2) is 12.4. The molecule has 0 aromatic heterocycles. The van der Waals surface area contributed by atoms with E-state index in [1.165, 1.54) is 37.0 Å². The molecular weight excluding hydrogens is 481 g/mol. The van der Waals surface area contributed by atoms with E-state index >= 15 is 0 Å². The Morgan fingerprint density at radius 1 is 0.895 bits per heavy atom. The molecule has 0 spiro atoms. The molecule has 3 fully saturated rings. The van der Waals surface area contributed by atoms with Crippen LogP contribution in [0.5, 0.6) is 0 Å². The van der Waals surface area contributed by atoms with Crippen molar-refractivity contribution in [1.29, 1.82) is 0 Å². The summed E-state index contributed by atoms with van der Waals surface area (Å²) in [6.45, 7) is 5.93. The van der Waals surface area contributed by atoms with Crippen molar-refractivity contribution in [1.82, 2.24) is 4.90 Å². The molecule has 2 aromatic rings. The number of morpholine rings is 1. The van der Waals surface area contributed by atoms with Gasteiger partial charge in [-0.05, 0) is 112 Å². The number of halogens is 1. The molecule has 2 heterocycles. The van der Waals surface area contributed by atoms with Gasteiger partial charge in [0.2, 0.25) is 0 Å². The average Bonchev–Trinajstić information content (AvgIpc) is 2.96. The Balaban J connectivity index is 1.11. The van der Waals surface area contributed by atoms with Crippen molar-refractivity contribution in [3.8, 4) is 0 Å². The van der Waals surface area contributed by atoms with Gasteiger partial charge in [0.15, 0.2) is 5.78 Å². The zero-order chi connectivity index (χ0) is 26.5. The number of benzene rings is 2. The molecule has 2 aliphatic heterocycles. The molecule has 0 bridgehead atoms. The van der Waals surface area contributed by atoms with Crippen molar-refractivity contribution in [2.45, 2.75) is 50.9 Å². The minimum absolute atomic E-state index is 0.0454. The maximum Gasteiger partial charge on any atom is 0.250 e. The molecule has 38 heavy (non-hydrogen) atoms. The predicted molar refractivity (Wildman–Crippen MR) is 147 cm³/mol. The SMILES string of the molecule is NC(=O)c1cccc(C2CCC(CCN3CCC(C(=O)c4ccc(F)cc4)CC3)CC2)c1N1CCOCC1. The Labute approximate surface area is 225 Å². The van der Waals surface area contributed by atoms with Gasteiger partial charge in [-0.1, -0.05) is 12.1 Å². The largest absolute Gasteiger partial charge is 0.378 e. The van der Waals surface area contributed by atoms with Crippen LogP contribution in [0.3, 0.4) is 0 Å². The number of hydrogen-bond donors (Lipinski definition) is 1. The second-order valence-corrected chi connectivity index (χ2v) is 11.2. The summed E-state index contributed by atoms with van der Waals surface area (Å²) in [6.07, 6.45) is 7.63. The number of rotatable bonds is 8. The molecule has 1 amide bonds. The number of hydrogen-bond acceptors (Lipinski definition) is 5. The van der Waals surface area contributed by atoms with Gasteiger partial charge in [0, 0.05) is 24.6 Å². The number of primary amides is 1. The number of amides is 1. The first-order chi connectivity index (χ1) is 18.5. The van der Waals surface area contributed by atoms with Gasteiger partial charge in [-0.3, -0.25) is 9.59 Å². The number of nitrogens with zero attached hydrogens (tertiary/aromatic N) is 2. The van der Waals surface area contributed by atoms with E-state index in [0.717, 1.165) is 70.0 Å². The third-order valence-electron chi connectivity index (χ3n) is 8.89. The molecule has 0 radical (unpaired) electrons. The van der Waals surface area contributed by atoms with Crippen LogP contribution in [0.4, 0.5) is 10.1 Å². The highest BCUT2D eigenvalue weighted by atomic mass is 19.1. The molecule has 1 aliphatic carbocycles. The molecule has 7 heteroatoms. The number of piperidine rings is 1. The number of para-hydroxylation sites is 1.